The highest BCUT2D eigenvalue weighted by Gasteiger charge is 2.12. The van der Waals surface area contributed by atoms with Crippen molar-refractivity contribution in [3.8, 4) is 17.0 Å². The van der Waals surface area contributed by atoms with Crippen molar-refractivity contribution >= 4 is 54.4 Å². The van der Waals surface area contributed by atoms with Gasteiger partial charge in [-0.3, -0.25) is 4.79 Å². The monoisotopic (exact) mass is 527 g/mol. The van der Waals surface area contributed by atoms with Crippen LogP contribution < -0.4 is 10.1 Å². The Morgan fingerprint density at radius 2 is 1.87 bits per heavy atom. The van der Waals surface area contributed by atoms with E-state index >= 15 is 0 Å². The molecule has 30 heavy (non-hydrogen) atoms. The second kappa shape index (κ2) is 9.02. The van der Waals surface area contributed by atoms with Gasteiger partial charge in [0.2, 0.25) is 5.91 Å². The lowest BCUT2D eigenvalue weighted by atomic mass is 10.1. The molecule has 4 aromatic rings. The van der Waals surface area contributed by atoms with E-state index < -0.39 is 0 Å². The average Bonchev–Trinajstić information content (AvgIpc) is 3.12. The van der Waals surface area contributed by atoms with Crippen LogP contribution in [-0.2, 0) is 11.3 Å². The molecule has 0 fully saturated rings. The average molecular weight is 529 g/mol. The highest BCUT2D eigenvalue weighted by molar-refractivity contribution is 9.11. The first-order valence-electron chi connectivity index (χ1n) is 9.43. The number of fused-ring (bicyclic) bond motifs is 1. The van der Waals surface area contributed by atoms with Gasteiger partial charge in [-0.1, -0.05) is 58.4 Å². The number of nitrogens with zero attached hydrogens (tertiary/aromatic N) is 2. The van der Waals surface area contributed by atoms with E-state index in [9.17, 15) is 4.79 Å². The Balaban J connectivity index is 1.52. The Hall–Kier alpha value is -2.64. The van der Waals surface area contributed by atoms with E-state index in [4.69, 9.17) is 4.74 Å². The minimum absolute atomic E-state index is 0.139. The molecular formula is C23H19Br2N3O2. The van der Waals surface area contributed by atoms with E-state index in [2.05, 4.69) is 48.3 Å². The number of amides is 1. The zero-order valence-electron chi connectivity index (χ0n) is 16.2. The van der Waals surface area contributed by atoms with Crippen LogP contribution in [0, 0.1) is 0 Å². The first kappa shape index (κ1) is 20.6. The smallest absolute Gasteiger partial charge is 0.222 e. The molecule has 152 valence electrons. The van der Waals surface area contributed by atoms with Crippen molar-refractivity contribution in [3.05, 3.63) is 75.7 Å². The Labute approximate surface area is 191 Å². The molecule has 5 nitrogen and oxygen atoms in total. The van der Waals surface area contributed by atoms with Crippen LogP contribution in [0.1, 0.15) is 6.92 Å². The molecular weight excluding hydrogens is 510 g/mol. The maximum Gasteiger partial charge on any atom is 0.222 e. The Kier molecular flexibility index (Phi) is 6.20. The summed E-state index contributed by atoms with van der Waals surface area (Å²) in [6.07, 6.45) is 0. The van der Waals surface area contributed by atoms with Gasteiger partial charge in [-0.25, -0.2) is 4.68 Å². The van der Waals surface area contributed by atoms with E-state index in [1.807, 2.05) is 60.7 Å². The number of ether oxygens (including phenoxy) is 1. The van der Waals surface area contributed by atoms with Crippen LogP contribution in [0.15, 0.2) is 75.7 Å². The molecule has 0 saturated heterocycles. The predicted molar refractivity (Wildman–Crippen MR) is 127 cm³/mol. The van der Waals surface area contributed by atoms with Gasteiger partial charge in [-0.05, 0) is 44.9 Å². The molecule has 1 heterocycles. The van der Waals surface area contributed by atoms with Gasteiger partial charge in [0.15, 0.2) is 0 Å². The van der Waals surface area contributed by atoms with Gasteiger partial charge in [0.1, 0.15) is 18.2 Å². The van der Waals surface area contributed by atoms with Gasteiger partial charge in [0, 0.05) is 23.0 Å². The number of carbonyl (C=O) groups excluding carboxylic acids is 1. The maximum atomic E-state index is 11.6. The second-order valence-corrected chi connectivity index (χ2v) is 8.49. The molecule has 0 atom stereocenters. The zero-order chi connectivity index (χ0) is 21.1. The summed E-state index contributed by atoms with van der Waals surface area (Å²) in [7, 11) is 0. The summed E-state index contributed by atoms with van der Waals surface area (Å²) in [6, 6.07) is 21.8. The van der Waals surface area contributed by atoms with Crippen LogP contribution in [0.4, 0.5) is 5.82 Å². The number of carbonyl (C=O) groups is 1. The molecule has 0 unspecified atom stereocenters. The van der Waals surface area contributed by atoms with Crippen molar-refractivity contribution in [1.82, 2.24) is 9.78 Å². The molecule has 1 N–H and O–H groups in total. The van der Waals surface area contributed by atoms with E-state index in [0.29, 0.717) is 19.0 Å². The fraction of sp³-hybridized carbons (Fsp3) is 0.130. The number of rotatable bonds is 6. The lowest BCUT2D eigenvalue weighted by Gasteiger charge is -2.12. The van der Waals surface area contributed by atoms with E-state index in [0.717, 1.165) is 36.7 Å². The van der Waals surface area contributed by atoms with Gasteiger partial charge in [0.05, 0.1) is 16.7 Å². The van der Waals surface area contributed by atoms with Crippen molar-refractivity contribution in [2.45, 2.75) is 13.5 Å². The summed E-state index contributed by atoms with van der Waals surface area (Å²) < 4.78 is 9.73. The topological polar surface area (TPSA) is 56.2 Å². The largest absolute Gasteiger partial charge is 0.490 e. The summed E-state index contributed by atoms with van der Waals surface area (Å²) in [5.74, 6) is 1.27. The zero-order valence-corrected chi connectivity index (χ0v) is 19.4. The number of hydrogen-bond acceptors (Lipinski definition) is 3. The van der Waals surface area contributed by atoms with Crippen LogP contribution in [0.2, 0.25) is 0 Å². The first-order chi connectivity index (χ1) is 14.5. The normalized spacial score (nSPS) is 10.9. The number of hydrogen-bond donors (Lipinski definition) is 1. The Bertz CT molecular complexity index is 1210. The van der Waals surface area contributed by atoms with Crippen molar-refractivity contribution in [2.75, 3.05) is 11.9 Å². The standard InChI is InChI=1S/C23H19Br2N3O2/c1-15(29)26-22-14-20(16-5-3-2-4-6-16)27-28(22)11-12-30-21-10-7-17-13-18(24)8-9-19(17)23(21)25/h2-10,13-14H,11-12H2,1H3,(H,26,29). The number of halogens is 2. The van der Waals surface area contributed by atoms with Crippen LogP contribution in [0.3, 0.4) is 0 Å². The third kappa shape index (κ3) is 4.57. The van der Waals surface area contributed by atoms with E-state index in [1.165, 1.54) is 6.92 Å². The first-order valence-corrected chi connectivity index (χ1v) is 11.0. The highest BCUT2D eigenvalue weighted by Crippen LogP contribution is 2.34. The van der Waals surface area contributed by atoms with Gasteiger partial charge in [-0.2, -0.15) is 5.10 Å². The molecule has 3 aromatic carbocycles. The fourth-order valence-corrected chi connectivity index (χ4v) is 4.20. The third-order valence-electron chi connectivity index (χ3n) is 4.59. The van der Waals surface area contributed by atoms with Crippen molar-refractivity contribution in [2.24, 2.45) is 0 Å². The Morgan fingerprint density at radius 1 is 1.07 bits per heavy atom. The van der Waals surface area contributed by atoms with Gasteiger partial charge in [0.25, 0.3) is 0 Å². The van der Waals surface area contributed by atoms with Gasteiger partial charge >= 0.3 is 0 Å². The van der Waals surface area contributed by atoms with Crippen LogP contribution in [0.5, 0.6) is 5.75 Å². The van der Waals surface area contributed by atoms with Crippen LogP contribution in [-0.4, -0.2) is 22.3 Å². The number of benzene rings is 3. The molecule has 1 aromatic heterocycles. The molecule has 0 aliphatic carbocycles. The molecule has 0 bridgehead atoms. The van der Waals surface area contributed by atoms with Crippen molar-refractivity contribution in [1.29, 1.82) is 0 Å². The lowest BCUT2D eigenvalue weighted by molar-refractivity contribution is -0.114. The van der Waals surface area contributed by atoms with Gasteiger partial charge < -0.3 is 10.1 Å². The molecule has 7 heteroatoms. The van der Waals surface area contributed by atoms with Crippen molar-refractivity contribution in [3.63, 3.8) is 0 Å². The molecule has 0 saturated carbocycles. The quantitative estimate of drug-likeness (QED) is 0.321. The minimum Gasteiger partial charge on any atom is -0.490 e. The lowest BCUT2D eigenvalue weighted by Crippen LogP contribution is -2.15. The van der Waals surface area contributed by atoms with Crippen LogP contribution >= 0.6 is 31.9 Å². The fourth-order valence-electron chi connectivity index (χ4n) is 3.21. The van der Waals surface area contributed by atoms with Crippen molar-refractivity contribution < 1.29 is 9.53 Å². The van der Waals surface area contributed by atoms with E-state index in [-0.39, 0.29) is 5.91 Å². The SMILES string of the molecule is CC(=O)Nc1cc(-c2ccccc2)nn1CCOc1ccc2cc(Br)ccc2c1Br. The number of nitrogens with one attached hydrogen (secondary N) is 1. The Morgan fingerprint density at radius 3 is 2.63 bits per heavy atom. The number of anilines is 1. The van der Waals surface area contributed by atoms with Crippen LogP contribution in [0.25, 0.3) is 22.0 Å². The minimum atomic E-state index is -0.139. The summed E-state index contributed by atoms with van der Waals surface area (Å²) in [5.41, 5.74) is 1.80. The number of aromatic nitrogens is 2. The summed E-state index contributed by atoms with van der Waals surface area (Å²) in [4.78, 5) is 11.6. The van der Waals surface area contributed by atoms with E-state index in [1.54, 1.807) is 4.68 Å². The summed E-state index contributed by atoms with van der Waals surface area (Å²) in [6.45, 7) is 2.39. The van der Waals surface area contributed by atoms with Gasteiger partial charge in [-0.15, -0.1) is 0 Å². The molecule has 1 amide bonds. The molecule has 0 aliphatic heterocycles. The summed E-state index contributed by atoms with van der Waals surface area (Å²) in [5, 5.41) is 9.70. The predicted octanol–water partition coefficient (Wildman–Crippen LogP) is 6.27. The second-order valence-electron chi connectivity index (χ2n) is 6.78. The third-order valence-corrected chi connectivity index (χ3v) is 5.91. The molecule has 4 rings (SSSR count). The maximum absolute atomic E-state index is 11.6. The highest BCUT2D eigenvalue weighted by atomic mass is 79.9. The molecule has 0 radical (unpaired) electrons. The summed E-state index contributed by atoms with van der Waals surface area (Å²) >= 11 is 7.15. The molecule has 0 spiro atoms. The molecule has 0 aliphatic rings.